The highest BCUT2D eigenvalue weighted by molar-refractivity contribution is 5.88. The summed E-state index contributed by atoms with van der Waals surface area (Å²) in [6.07, 6.45) is 2.51. The van der Waals surface area contributed by atoms with Crippen LogP contribution in [0, 0.1) is 0 Å². The Kier molecular flexibility index (Phi) is 4.38. The molecule has 1 atom stereocenters. The van der Waals surface area contributed by atoms with E-state index in [4.69, 9.17) is 0 Å². The van der Waals surface area contributed by atoms with Crippen LogP contribution in [-0.4, -0.2) is 9.97 Å². The third-order valence-electron chi connectivity index (χ3n) is 4.34. The summed E-state index contributed by atoms with van der Waals surface area (Å²) in [6, 6.07) is 29.3. The third kappa shape index (κ3) is 3.50. The molecule has 0 aliphatic heterocycles. The van der Waals surface area contributed by atoms with Crippen molar-refractivity contribution in [1.82, 2.24) is 9.97 Å². The largest absolute Gasteiger partial charge is 0.362 e. The lowest BCUT2D eigenvalue weighted by atomic mass is 9.98. The van der Waals surface area contributed by atoms with Gasteiger partial charge in [0.2, 0.25) is 0 Å². The van der Waals surface area contributed by atoms with Crippen molar-refractivity contribution in [3.8, 4) is 0 Å². The fourth-order valence-electron chi connectivity index (χ4n) is 3.07. The monoisotopic (exact) mass is 325 g/mol. The fraction of sp³-hybridized carbons (Fsp3) is 0.0909. The van der Waals surface area contributed by atoms with Crippen LogP contribution in [0.4, 0.5) is 5.82 Å². The minimum absolute atomic E-state index is 0.141. The van der Waals surface area contributed by atoms with E-state index in [0.717, 1.165) is 23.1 Å². The molecule has 0 saturated heterocycles. The summed E-state index contributed by atoms with van der Waals surface area (Å²) in [5.74, 6) is 0.871. The molecule has 0 radical (unpaired) electrons. The molecule has 1 unspecified atom stereocenters. The Morgan fingerprint density at radius 3 is 2.20 bits per heavy atom. The van der Waals surface area contributed by atoms with E-state index in [9.17, 15) is 0 Å². The molecular formula is C22H19N3. The molecular weight excluding hydrogens is 306 g/mol. The summed E-state index contributed by atoms with van der Waals surface area (Å²) in [6.45, 7) is 0. The van der Waals surface area contributed by atoms with Gasteiger partial charge in [0.05, 0.1) is 11.6 Å². The number of nitrogens with zero attached hydrogens (tertiary/aromatic N) is 2. The Labute approximate surface area is 147 Å². The average Bonchev–Trinajstić information content (AvgIpc) is 2.69. The summed E-state index contributed by atoms with van der Waals surface area (Å²) in [5, 5.41) is 4.68. The van der Waals surface area contributed by atoms with Crippen LogP contribution in [0.2, 0.25) is 0 Å². The number of hydrogen-bond acceptors (Lipinski definition) is 3. The molecule has 0 spiro atoms. The molecule has 1 aromatic heterocycles. The maximum Gasteiger partial charge on any atom is 0.137 e. The van der Waals surface area contributed by atoms with E-state index in [1.165, 1.54) is 11.1 Å². The lowest BCUT2D eigenvalue weighted by Gasteiger charge is -2.21. The lowest BCUT2D eigenvalue weighted by molar-refractivity contribution is 0.771. The van der Waals surface area contributed by atoms with Gasteiger partial charge in [0.15, 0.2) is 0 Å². The van der Waals surface area contributed by atoms with Crippen molar-refractivity contribution in [1.29, 1.82) is 0 Å². The highest BCUT2D eigenvalue weighted by Gasteiger charge is 2.14. The standard InChI is InChI=1S/C22H19N3/c1-3-9-17(10-4-1)15-21(18-11-5-2-6-12-18)25-22-19-13-7-8-14-20(19)23-16-24-22/h1-14,16,21H,15H2,(H,23,24,25). The van der Waals surface area contributed by atoms with E-state index in [2.05, 4.69) is 69.9 Å². The van der Waals surface area contributed by atoms with E-state index in [0.29, 0.717) is 0 Å². The molecule has 3 nitrogen and oxygen atoms in total. The van der Waals surface area contributed by atoms with Crippen molar-refractivity contribution in [3.63, 3.8) is 0 Å². The number of rotatable bonds is 5. The first-order valence-electron chi connectivity index (χ1n) is 8.45. The zero-order valence-corrected chi connectivity index (χ0v) is 13.8. The number of aromatic nitrogens is 2. The second-order valence-electron chi connectivity index (χ2n) is 6.04. The van der Waals surface area contributed by atoms with Gasteiger partial charge in [-0.25, -0.2) is 9.97 Å². The van der Waals surface area contributed by atoms with Crippen molar-refractivity contribution in [2.75, 3.05) is 5.32 Å². The summed E-state index contributed by atoms with van der Waals surface area (Å²) in [7, 11) is 0. The average molecular weight is 325 g/mol. The van der Waals surface area contributed by atoms with Gasteiger partial charge < -0.3 is 5.32 Å². The van der Waals surface area contributed by atoms with Crippen molar-refractivity contribution in [3.05, 3.63) is 102 Å². The van der Waals surface area contributed by atoms with Gasteiger partial charge in [-0.2, -0.15) is 0 Å². The number of hydrogen-bond donors (Lipinski definition) is 1. The normalized spacial score (nSPS) is 12.0. The van der Waals surface area contributed by atoms with Crippen LogP contribution in [0.3, 0.4) is 0 Å². The molecule has 122 valence electrons. The third-order valence-corrected chi connectivity index (χ3v) is 4.34. The van der Waals surface area contributed by atoms with Crippen LogP contribution in [-0.2, 0) is 6.42 Å². The van der Waals surface area contributed by atoms with Gasteiger partial charge in [-0.15, -0.1) is 0 Å². The summed E-state index contributed by atoms with van der Waals surface area (Å²) in [4.78, 5) is 8.85. The van der Waals surface area contributed by atoms with E-state index >= 15 is 0 Å². The lowest BCUT2D eigenvalue weighted by Crippen LogP contribution is -2.15. The number of fused-ring (bicyclic) bond motifs is 1. The molecule has 3 heteroatoms. The summed E-state index contributed by atoms with van der Waals surface area (Å²) >= 11 is 0. The van der Waals surface area contributed by atoms with Crippen LogP contribution in [0.15, 0.2) is 91.3 Å². The van der Waals surface area contributed by atoms with E-state index in [-0.39, 0.29) is 6.04 Å². The topological polar surface area (TPSA) is 37.8 Å². The van der Waals surface area contributed by atoms with Crippen LogP contribution in [0.25, 0.3) is 10.9 Å². The van der Waals surface area contributed by atoms with Crippen LogP contribution in [0.5, 0.6) is 0 Å². The SMILES string of the molecule is c1ccc(CC(Nc2ncnc3ccccc23)c2ccccc2)cc1. The molecule has 0 amide bonds. The van der Waals surface area contributed by atoms with Gasteiger partial charge in [0, 0.05) is 5.39 Å². The van der Waals surface area contributed by atoms with Gasteiger partial charge in [-0.1, -0.05) is 72.8 Å². The maximum atomic E-state index is 4.49. The van der Waals surface area contributed by atoms with Crippen LogP contribution in [0.1, 0.15) is 17.2 Å². The Bertz CT molecular complexity index is 947. The number of nitrogens with one attached hydrogen (secondary N) is 1. The zero-order chi connectivity index (χ0) is 16.9. The van der Waals surface area contributed by atoms with E-state index < -0.39 is 0 Å². The number of benzene rings is 3. The Hall–Kier alpha value is -3.20. The molecule has 0 saturated carbocycles. The fourth-order valence-corrected chi connectivity index (χ4v) is 3.07. The van der Waals surface area contributed by atoms with E-state index in [1.54, 1.807) is 6.33 Å². The van der Waals surface area contributed by atoms with Crippen molar-refractivity contribution < 1.29 is 0 Å². The molecule has 0 aliphatic carbocycles. The molecule has 0 fully saturated rings. The molecule has 4 aromatic rings. The van der Waals surface area contributed by atoms with Gasteiger partial charge in [-0.05, 0) is 29.7 Å². The highest BCUT2D eigenvalue weighted by Crippen LogP contribution is 2.26. The molecule has 1 heterocycles. The van der Waals surface area contributed by atoms with Gasteiger partial charge in [0.1, 0.15) is 12.1 Å². The first kappa shape index (κ1) is 15.3. The zero-order valence-electron chi connectivity index (χ0n) is 13.8. The Morgan fingerprint density at radius 1 is 0.720 bits per heavy atom. The highest BCUT2D eigenvalue weighted by atomic mass is 15.0. The van der Waals surface area contributed by atoms with Gasteiger partial charge >= 0.3 is 0 Å². The van der Waals surface area contributed by atoms with Crippen molar-refractivity contribution in [2.45, 2.75) is 12.5 Å². The Morgan fingerprint density at radius 2 is 1.40 bits per heavy atom. The second-order valence-corrected chi connectivity index (χ2v) is 6.04. The molecule has 1 N–H and O–H groups in total. The number of anilines is 1. The first-order chi connectivity index (χ1) is 12.4. The van der Waals surface area contributed by atoms with Crippen LogP contribution < -0.4 is 5.32 Å². The van der Waals surface area contributed by atoms with Gasteiger partial charge in [0.25, 0.3) is 0 Å². The predicted octanol–water partition coefficient (Wildman–Crippen LogP) is 5.03. The molecule has 0 aliphatic rings. The van der Waals surface area contributed by atoms with Crippen molar-refractivity contribution >= 4 is 16.7 Å². The van der Waals surface area contributed by atoms with Crippen LogP contribution >= 0.6 is 0 Å². The number of para-hydroxylation sites is 1. The summed E-state index contributed by atoms with van der Waals surface area (Å²) < 4.78 is 0. The van der Waals surface area contributed by atoms with E-state index in [1.807, 2.05) is 30.3 Å². The predicted molar refractivity (Wildman–Crippen MR) is 102 cm³/mol. The molecule has 3 aromatic carbocycles. The van der Waals surface area contributed by atoms with Crippen molar-refractivity contribution in [2.24, 2.45) is 0 Å². The first-order valence-corrected chi connectivity index (χ1v) is 8.45. The van der Waals surface area contributed by atoms with Gasteiger partial charge in [-0.3, -0.25) is 0 Å². The molecule has 0 bridgehead atoms. The minimum Gasteiger partial charge on any atom is -0.362 e. The minimum atomic E-state index is 0.141. The summed E-state index contributed by atoms with van der Waals surface area (Å²) in [5.41, 5.74) is 3.49. The second kappa shape index (κ2) is 7.14. The Balaban J connectivity index is 1.70. The quantitative estimate of drug-likeness (QED) is 0.559. The maximum absolute atomic E-state index is 4.49. The smallest absolute Gasteiger partial charge is 0.137 e. The molecule has 25 heavy (non-hydrogen) atoms. The molecule has 4 rings (SSSR count).